The van der Waals surface area contributed by atoms with Crippen molar-refractivity contribution in [1.82, 2.24) is 14.5 Å². The third-order valence-corrected chi connectivity index (χ3v) is 7.35. The van der Waals surface area contributed by atoms with Crippen LogP contribution in [0.2, 0.25) is 0 Å². The number of nitrogens with zero attached hydrogens (tertiary/aromatic N) is 2. The molecule has 0 atom stereocenters. The summed E-state index contributed by atoms with van der Waals surface area (Å²) in [6, 6.07) is 4.40. The van der Waals surface area contributed by atoms with E-state index in [1.807, 2.05) is 0 Å². The van der Waals surface area contributed by atoms with Gasteiger partial charge in [0, 0.05) is 38.3 Å². The van der Waals surface area contributed by atoms with Crippen LogP contribution < -0.4 is 14.8 Å². The summed E-state index contributed by atoms with van der Waals surface area (Å²) in [6.45, 7) is 2.55. The molecule has 2 aliphatic rings. The largest absolute Gasteiger partial charge is 0.493 e. The third-order valence-electron chi connectivity index (χ3n) is 5.45. The van der Waals surface area contributed by atoms with E-state index in [0.29, 0.717) is 24.6 Å². The van der Waals surface area contributed by atoms with E-state index in [9.17, 15) is 13.2 Å². The van der Waals surface area contributed by atoms with Gasteiger partial charge in [0.25, 0.3) is 0 Å². The normalized spacial score (nSPS) is 18.5. The predicted octanol–water partition coefficient (Wildman–Crippen LogP) is 1.07. The van der Waals surface area contributed by atoms with E-state index in [1.165, 1.54) is 30.7 Å². The molecule has 0 bridgehead atoms. The third kappa shape index (κ3) is 4.42. The number of methoxy groups -OCH3 is 2. The van der Waals surface area contributed by atoms with Crippen LogP contribution >= 0.6 is 0 Å². The summed E-state index contributed by atoms with van der Waals surface area (Å²) in [7, 11) is -0.869. The smallest absolute Gasteiger partial charge is 0.243 e. The molecule has 2 fully saturated rings. The molecule has 1 aromatic rings. The molecule has 1 saturated carbocycles. The number of ether oxygens (including phenoxy) is 2. The minimum Gasteiger partial charge on any atom is -0.493 e. The molecule has 1 heterocycles. The number of amides is 1. The van der Waals surface area contributed by atoms with Gasteiger partial charge in [0.1, 0.15) is 0 Å². The van der Waals surface area contributed by atoms with Crippen LogP contribution in [-0.4, -0.2) is 76.5 Å². The van der Waals surface area contributed by atoms with Crippen molar-refractivity contribution in [1.29, 1.82) is 0 Å². The van der Waals surface area contributed by atoms with Gasteiger partial charge < -0.3 is 19.7 Å². The Bertz CT molecular complexity index is 787. The summed E-state index contributed by atoms with van der Waals surface area (Å²) in [5, 5.41) is 3.21. The molecule has 28 heavy (non-hydrogen) atoms. The standard InChI is InChI=1S/C19H29N3O5S/c1-26-17-8-7-16(13-18(17)27-2)28(24,25)22(15-5-3-4-6-15)14-19(23)21-11-9-20-10-12-21/h7-8,13,15,20H,3-6,9-12,14H2,1-2H3. The van der Waals surface area contributed by atoms with Crippen molar-refractivity contribution >= 4 is 15.9 Å². The zero-order chi connectivity index (χ0) is 20.1. The van der Waals surface area contributed by atoms with Gasteiger partial charge >= 0.3 is 0 Å². The molecular weight excluding hydrogens is 382 g/mol. The molecule has 0 aromatic heterocycles. The quantitative estimate of drug-likeness (QED) is 0.722. The molecule has 1 N–H and O–H groups in total. The van der Waals surface area contributed by atoms with Crippen LogP contribution in [0.25, 0.3) is 0 Å². The van der Waals surface area contributed by atoms with Gasteiger partial charge in [-0.25, -0.2) is 8.42 Å². The molecule has 1 aliphatic heterocycles. The molecule has 9 heteroatoms. The van der Waals surface area contributed by atoms with E-state index < -0.39 is 10.0 Å². The van der Waals surface area contributed by atoms with Crippen molar-refractivity contribution in [3.8, 4) is 11.5 Å². The van der Waals surface area contributed by atoms with E-state index in [0.717, 1.165) is 38.8 Å². The molecule has 156 valence electrons. The number of carbonyl (C=O) groups is 1. The molecule has 1 amide bonds. The highest BCUT2D eigenvalue weighted by Crippen LogP contribution is 2.33. The van der Waals surface area contributed by atoms with Crippen LogP contribution in [0.4, 0.5) is 0 Å². The van der Waals surface area contributed by atoms with Gasteiger partial charge in [0.2, 0.25) is 15.9 Å². The van der Waals surface area contributed by atoms with E-state index >= 15 is 0 Å². The molecule has 1 aliphatic carbocycles. The van der Waals surface area contributed by atoms with Gasteiger partial charge in [-0.2, -0.15) is 4.31 Å². The first-order valence-corrected chi connectivity index (χ1v) is 11.1. The Labute approximate surface area is 166 Å². The minimum absolute atomic E-state index is 0.116. The van der Waals surface area contributed by atoms with Gasteiger partial charge in [0.05, 0.1) is 25.7 Å². The van der Waals surface area contributed by atoms with Crippen molar-refractivity contribution in [3.63, 3.8) is 0 Å². The maximum Gasteiger partial charge on any atom is 0.243 e. The Morgan fingerprint density at radius 2 is 1.79 bits per heavy atom. The lowest BCUT2D eigenvalue weighted by atomic mass is 10.2. The van der Waals surface area contributed by atoms with Crippen molar-refractivity contribution < 1.29 is 22.7 Å². The Kier molecular flexibility index (Phi) is 6.79. The first-order chi connectivity index (χ1) is 13.5. The lowest BCUT2D eigenvalue weighted by Crippen LogP contribution is -2.51. The number of benzene rings is 1. The van der Waals surface area contributed by atoms with E-state index in [4.69, 9.17) is 9.47 Å². The van der Waals surface area contributed by atoms with Crippen LogP contribution in [-0.2, 0) is 14.8 Å². The monoisotopic (exact) mass is 411 g/mol. The molecular formula is C19H29N3O5S. The van der Waals surface area contributed by atoms with Crippen LogP contribution in [0.3, 0.4) is 0 Å². The Morgan fingerprint density at radius 3 is 2.39 bits per heavy atom. The number of nitrogens with one attached hydrogen (secondary N) is 1. The van der Waals surface area contributed by atoms with Gasteiger partial charge in [0.15, 0.2) is 11.5 Å². The molecule has 0 spiro atoms. The average Bonchev–Trinajstić information content (AvgIpc) is 3.26. The zero-order valence-electron chi connectivity index (χ0n) is 16.5. The van der Waals surface area contributed by atoms with Crippen molar-refractivity contribution in [2.75, 3.05) is 46.9 Å². The highest BCUT2D eigenvalue weighted by molar-refractivity contribution is 7.89. The summed E-state index contributed by atoms with van der Waals surface area (Å²) in [4.78, 5) is 14.7. The molecule has 1 aromatic carbocycles. The van der Waals surface area contributed by atoms with Crippen molar-refractivity contribution in [2.24, 2.45) is 0 Å². The molecule has 0 radical (unpaired) electrons. The first kappa shape index (κ1) is 20.9. The number of piperazine rings is 1. The van der Waals surface area contributed by atoms with E-state index in [-0.39, 0.29) is 23.4 Å². The Balaban J connectivity index is 1.89. The summed E-state index contributed by atoms with van der Waals surface area (Å²) in [5.41, 5.74) is 0. The fourth-order valence-corrected chi connectivity index (χ4v) is 5.51. The second kappa shape index (κ2) is 9.11. The summed E-state index contributed by atoms with van der Waals surface area (Å²) >= 11 is 0. The summed E-state index contributed by atoms with van der Waals surface area (Å²) in [6.07, 6.45) is 3.51. The van der Waals surface area contributed by atoms with Crippen LogP contribution in [0, 0.1) is 0 Å². The maximum absolute atomic E-state index is 13.5. The SMILES string of the molecule is COc1ccc(S(=O)(=O)N(CC(=O)N2CCNCC2)C2CCCC2)cc1OC. The summed E-state index contributed by atoms with van der Waals surface area (Å²) in [5.74, 6) is 0.673. The molecule has 3 rings (SSSR count). The van der Waals surface area contributed by atoms with Crippen LogP contribution in [0.5, 0.6) is 11.5 Å². The van der Waals surface area contributed by atoms with Gasteiger partial charge in [-0.1, -0.05) is 12.8 Å². The van der Waals surface area contributed by atoms with Crippen LogP contribution in [0.1, 0.15) is 25.7 Å². The lowest BCUT2D eigenvalue weighted by Gasteiger charge is -2.32. The molecule has 0 unspecified atom stereocenters. The summed E-state index contributed by atoms with van der Waals surface area (Å²) < 4.78 is 38.8. The Hall–Kier alpha value is -1.84. The van der Waals surface area contributed by atoms with E-state index in [1.54, 1.807) is 11.0 Å². The zero-order valence-corrected chi connectivity index (χ0v) is 17.3. The molecule has 8 nitrogen and oxygen atoms in total. The van der Waals surface area contributed by atoms with Crippen LogP contribution in [0.15, 0.2) is 23.1 Å². The average molecular weight is 412 g/mol. The number of rotatable bonds is 7. The van der Waals surface area contributed by atoms with Crippen molar-refractivity contribution in [2.45, 2.75) is 36.6 Å². The number of carbonyl (C=O) groups excluding carboxylic acids is 1. The number of sulfonamides is 1. The predicted molar refractivity (Wildman–Crippen MR) is 105 cm³/mol. The fourth-order valence-electron chi connectivity index (χ4n) is 3.86. The second-order valence-corrected chi connectivity index (χ2v) is 9.03. The first-order valence-electron chi connectivity index (χ1n) is 9.69. The minimum atomic E-state index is -3.84. The topological polar surface area (TPSA) is 88.2 Å². The maximum atomic E-state index is 13.5. The molecule has 1 saturated heterocycles. The highest BCUT2D eigenvalue weighted by atomic mass is 32.2. The second-order valence-electron chi connectivity index (χ2n) is 7.14. The Morgan fingerprint density at radius 1 is 1.14 bits per heavy atom. The van der Waals surface area contributed by atoms with Crippen molar-refractivity contribution in [3.05, 3.63) is 18.2 Å². The highest BCUT2D eigenvalue weighted by Gasteiger charge is 2.36. The number of hydrogen-bond donors (Lipinski definition) is 1. The lowest BCUT2D eigenvalue weighted by molar-refractivity contribution is -0.132. The van der Waals surface area contributed by atoms with E-state index in [2.05, 4.69) is 5.32 Å². The number of hydrogen-bond acceptors (Lipinski definition) is 6. The fraction of sp³-hybridized carbons (Fsp3) is 0.632. The van der Waals surface area contributed by atoms with Gasteiger partial charge in [-0.05, 0) is 25.0 Å². The van der Waals surface area contributed by atoms with Gasteiger partial charge in [-0.15, -0.1) is 0 Å². The van der Waals surface area contributed by atoms with Gasteiger partial charge in [-0.3, -0.25) is 4.79 Å².